The summed E-state index contributed by atoms with van der Waals surface area (Å²) in [6.07, 6.45) is 1.07. The predicted molar refractivity (Wildman–Crippen MR) is 97.9 cm³/mol. The van der Waals surface area contributed by atoms with Crippen LogP contribution in [0.15, 0.2) is 42.5 Å². The summed E-state index contributed by atoms with van der Waals surface area (Å²) in [7, 11) is 0. The van der Waals surface area contributed by atoms with Gasteiger partial charge in [-0.15, -0.1) is 0 Å². The third-order valence-corrected chi connectivity index (χ3v) is 4.29. The number of hydrogen-bond donors (Lipinski definition) is 1. The van der Waals surface area contributed by atoms with Gasteiger partial charge in [0.1, 0.15) is 0 Å². The molecule has 2 heteroatoms. The molecule has 0 aromatic heterocycles. The van der Waals surface area contributed by atoms with E-state index in [0.717, 1.165) is 17.7 Å². The molecule has 0 spiro atoms. The molecule has 0 saturated carbocycles. The van der Waals surface area contributed by atoms with Gasteiger partial charge in [-0.3, -0.25) is 4.79 Å². The van der Waals surface area contributed by atoms with E-state index in [1.54, 1.807) is 0 Å². The van der Waals surface area contributed by atoms with Gasteiger partial charge in [0.05, 0.1) is 5.92 Å². The number of anilines is 1. The predicted octanol–water partition coefficient (Wildman–Crippen LogP) is 5.24. The topological polar surface area (TPSA) is 29.1 Å². The Labute approximate surface area is 139 Å². The lowest BCUT2D eigenvalue weighted by atomic mass is 9.96. The van der Waals surface area contributed by atoms with Crippen LogP contribution in [0.5, 0.6) is 0 Å². The summed E-state index contributed by atoms with van der Waals surface area (Å²) in [4.78, 5) is 12.5. The third kappa shape index (κ3) is 4.69. The van der Waals surface area contributed by atoms with Crippen LogP contribution in [0.4, 0.5) is 5.69 Å². The van der Waals surface area contributed by atoms with Gasteiger partial charge in [0.15, 0.2) is 0 Å². The van der Waals surface area contributed by atoms with Gasteiger partial charge in [0.25, 0.3) is 0 Å². The van der Waals surface area contributed by atoms with E-state index in [9.17, 15) is 4.79 Å². The first-order valence-electron chi connectivity index (χ1n) is 8.33. The Kier molecular flexibility index (Phi) is 5.59. The lowest BCUT2D eigenvalue weighted by molar-refractivity contribution is -0.117. The molecule has 0 heterocycles. The minimum atomic E-state index is -0.162. The fraction of sp³-hybridized carbons (Fsp3) is 0.381. The number of aryl methyl sites for hydroxylation is 2. The van der Waals surface area contributed by atoms with Crippen molar-refractivity contribution in [2.45, 2.75) is 47.0 Å². The molecule has 2 aromatic carbocycles. The normalized spacial score (nSPS) is 12.3. The number of amides is 1. The van der Waals surface area contributed by atoms with E-state index in [1.807, 2.05) is 25.1 Å². The van der Waals surface area contributed by atoms with Gasteiger partial charge in [0.2, 0.25) is 5.91 Å². The highest BCUT2D eigenvalue weighted by Crippen LogP contribution is 2.21. The number of hydrogen-bond acceptors (Lipinski definition) is 1. The van der Waals surface area contributed by atoms with Crippen molar-refractivity contribution in [1.29, 1.82) is 0 Å². The fourth-order valence-electron chi connectivity index (χ4n) is 2.63. The minimum Gasteiger partial charge on any atom is -0.326 e. The van der Waals surface area contributed by atoms with Crippen molar-refractivity contribution in [3.05, 3.63) is 64.7 Å². The van der Waals surface area contributed by atoms with E-state index < -0.39 is 0 Å². The van der Waals surface area contributed by atoms with E-state index in [4.69, 9.17) is 0 Å². The van der Waals surface area contributed by atoms with Gasteiger partial charge >= 0.3 is 0 Å². The maximum Gasteiger partial charge on any atom is 0.231 e. The van der Waals surface area contributed by atoms with E-state index >= 15 is 0 Å². The second-order valence-electron chi connectivity index (χ2n) is 6.85. The van der Waals surface area contributed by atoms with E-state index in [-0.39, 0.29) is 11.8 Å². The van der Waals surface area contributed by atoms with E-state index in [0.29, 0.717) is 5.92 Å². The zero-order valence-corrected chi connectivity index (χ0v) is 14.8. The zero-order chi connectivity index (χ0) is 17.0. The van der Waals surface area contributed by atoms with Crippen LogP contribution in [-0.2, 0) is 11.2 Å². The Morgan fingerprint density at radius 3 is 2.17 bits per heavy atom. The van der Waals surface area contributed by atoms with Gasteiger partial charge in [-0.2, -0.15) is 0 Å². The maximum atomic E-state index is 12.5. The second-order valence-corrected chi connectivity index (χ2v) is 6.85. The average Bonchev–Trinajstić information content (AvgIpc) is 2.50. The molecule has 122 valence electrons. The van der Waals surface area contributed by atoms with Gasteiger partial charge in [-0.1, -0.05) is 44.2 Å². The SMILES string of the molecule is Cc1ccc(NC(=O)[C@@H](C)c2ccc(CC(C)C)cc2)cc1C. The Hall–Kier alpha value is -2.09. The molecule has 0 radical (unpaired) electrons. The fourth-order valence-corrected chi connectivity index (χ4v) is 2.63. The van der Waals surface area contributed by atoms with Gasteiger partial charge in [-0.05, 0) is 67.5 Å². The number of nitrogens with one attached hydrogen (secondary N) is 1. The van der Waals surface area contributed by atoms with Crippen LogP contribution in [0.2, 0.25) is 0 Å². The molecule has 2 rings (SSSR count). The van der Waals surface area contributed by atoms with Crippen molar-refractivity contribution in [2.24, 2.45) is 5.92 Å². The highest BCUT2D eigenvalue weighted by Gasteiger charge is 2.15. The Morgan fingerprint density at radius 1 is 0.957 bits per heavy atom. The van der Waals surface area contributed by atoms with E-state index in [2.05, 4.69) is 57.3 Å². The molecule has 0 aliphatic carbocycles. The van der Waals surface area contributed by atoms with Crippen LogP contribution in [0, 0.1) is 19.8 Å². The zero-order valence-electron chi connectivity index (χ0n) is 14.8. The highest BCUT2D eigenvalue weighted by atomic mass is 16.1. The highest BCUT2D eigenvalue weighted by molar-refractivity contribution is 5.95. The molecule has 23 heavy (non-hydrogen) atoms. The average molecular weight is 309 g/mol. The molecule has 0 bridgehead atoms. The molecule has 0 aliphatic rings. The van der Waals surface area contributed by atoms with Gasteiger partial charge in [0, 0.05) is 5.69 Å². The Balaban J connectivity index is 2.05. The monoisotopic (exact) mass is 309 g/mol. The van der Waals surface area contributed by atoms with Crippen molar-refractivity contribution in [1.82, 2.24) is 0 Å². The Morgan fingerprint density at radius 2 is 1.61 bits per heavy atom. The maximum absolute atomic E-state index is 12.5. The summed E-state index contributed by atoms with van der Waals surface area (Å²) in [5, 5.41) is 3.02. The second kappa shape index (κ2) is 7.45. The van der Waals surface area contributed by atoms with Crippen LogP contribution in [0.25, 0.3) is 0 Å². The minimum absolute atomic E-state index is 0.0323. The van der Waals surface area contributed by atoms with Crippen LogP contribution in [0.1, 0.15) is 48.9 Å². The van der Waals surface area contributed by atoms with Crippen molar-refractivity contribution >= 4 is 11.6 Å². The van der Waals surface area contributed by atoms with Crippen molar-refractivity contribution in [3.8, 4) is 0 Å². The molecule has 1 N–H and O–H groups in total. The quantitative estimate of drug-likeness (QED) is 0.803. The van der Waals surface area contributed by atoms with Crippen molar-refractivity contribution in [3.63, 3.8) is 0 Å². The molecule has 0 fully saturated rings. The number of carbonyl (C=O) groups is 1. The molecular weight excluding hydrogens is 282 g/mol. The summed E-state index contributed by atoms with van der Waals surface area (Å²) in [6, 6.07) is 14.4. The first-order chi connectivity index (χ1) is 10.9. The summed E-state index contributed by atoms with van der Waals surface area (Å²) >= 11 is 0. The first kappa shape index (κ1) is 17.3. The largest absolute Gasteiger partial charge is 0.326 e. The molecule has 0 unspecified atom stereocenters. The van der Waals surface area contributed by atoms with E-state index in [1.165, 1.54) is 16.7 Å². The number of rotatable bonds is 5. The summed E-state index contributed by atoms with van der Waals surface area (Å²) in [6.45, 7) is 10.5. The third-order valence-electron chi connectivity index (χ3n) is 4.29. The van der Waals surface area contributed by atoms with Crippen LogP contribution in [0.3, 0.4) is 0 Å². The van der Waals surface area contributed by atoms with Crippen molar-refractivity contribution < 1.29 is 4.79 Å². The first-order valence-corrected chi connectivity index (χ1v) is 8.33. The summed E-state index contributed by atoms with van der Waals surface area (Å²) < 4.78 is 0. The molecule has 0 aliphatic heterocycles. The molecule has 1 atom stereocenters. The standard InChI is InChI=1S/C21H27NO/c1-14(2)12-18-7-9-19(10-8-18)17(5)21(23)22-20-11-6-15(3)16(4)13-20/h6-11,13-14,17H,12H2,1-5H3,(H,22,23)/t17-/m0/s1. The number of benzene rings is 2. The molecule has 2 aromatic rings. The molecule has 2 nitrogen and oxygen atoms in total. The lowest BCUT2D eigenvalue weighted by Gasteiger charge is -2.14. The van der Waals surface area contributed by atoms with Gasteiger partial charge in [-0.25, -0.2) is 0 Å². The Bertz CT molecular complexity index is 671. The van der Waals surface area contributed by atoms with Crippen LogP contribution < -0.4 is 5.32 Å². The van der Waals surface area contributed by atoms with Crippen LogP contribution >= 0.6 is 0 Å². The molecular formula is C21H27NO. The smallest absolute Gasteiger partial charge is 0.231 e. The van der Waals surface area contributed by atoms with Gasteiger partial charge < -0.3 is 5.32 Å². The lowest BCUT2D eigenvalue weighted by Crippen LogP contribution is -2.19. The number of carbonyl (C=O) groups excluding carboxylic acids is 1. The molecule has 0 saturated heterocycles. The van der Waals surface area contributed by atoms with Crippen molar-refractivity contribution in [2.75, 3.05) is 5.32 Å². The summed E-state index contributed by atoms with van der Waals surface area (Å²) in [5.41, 5.74) is 5.66. The van der Waals surface area contributed by atoms with Crippen LogP contribution in [-0.4, -0.2) is 5.91 Å². The summed E-state index contributed by atoms with van der Waals surface area (Å²) in [5.74, 6) is 0.515. The molecule has 1 amide bonds.